The Morgan fingerprint density at radius 1 is 1.08 bits per heavy atom. The minimum absolute atomic E-state index is 0.271. The summed E-state index contributed by atoms with van der Waals surface area (Å²) in [6.07, 6.45) is 11.4. The molecule has 8 nitrogen and oxygen atoms in total. The molecule has 188 valence electrons. The van der Waals surface area contributed by atoms with Crippen molar-refractivity contribution in [3.05, 3.63) is 65.5 Å². The zero-order chi connectivity index (χ0) is 25.1. The van der Waals surface area contributed by atoms with E-state index in [0.717, 1.165) is 60.8 Å². The van der Waals surface area contributed by atoms with Gasteiger partial charge in [0.1, 0.15) is 17.5 Å². The first-order valence-electron chi connectivity index (χ1n) is 12.5. The number of imidazole rings is 2. The highest BCUT2D eigenvalue weighted by molar-refractivity contribution is 6.08. The summed E-state index contributed by atoms with van der Waals surface area (Å²) in [5.74, 6) is 1.56. The van der Waals surface area contributed by atoms with E-state index < -0.39 is 0 Å². The van der Waals surface area contributed by atoms with Crippen LogP contribution in [0.1, 0.15) is 60.7 Å². The average Bonchev–Trinajstić information content (AvgIpc) is 3.66. The summed E-state index contributed by atoms with van der Waals surface area (Å²) in [4.78, 5) is 28.9. The summed E-state index contributed by atoms with van der Waals surface area (Å²) < 4.78 is 15.0. The molecule has 4 heterocycles. The van der Waals surface area contributed by atoms with Gasteiger partial charge in [0.15, 0.2) is 0 Å². The van der Waals surface area contributed by atoms with E-state index in [1.54, 1.807) is 30.9 Å². The smallest absolute Gasteiger partial charge is 0.132 e. The Kier molecular flexibility index (Phi) is 7.20. The van der Waals surface area contributed by atoms with E-state index in [9.17, 15) is 4.39 Å². The van der Waals surface area contributed by atoms with Gasteiger partial charge in [-0.2, -0.15) is 0 Å². The second-order valence-corrected chi connectivity index (χ2v) is 9.69. The maximum absolute atomic E-state index is 15.0. The van der Waals surface area contributed by atoms with Crippen LogP contribution in [0.25, 0.3) is 16.8 Å². The average molecular weight is 489 g/mol. The van der Waals surface area contributed by atoms with Crippen LogP contribution in [0, 0.1) is 5.82 Å². The Balaban J connectivity index is 1.26. The predicted molar refractivity (Wildman–Crippen MR) is 142 cm³/mol. The van der Waals surface area contributed by atoms with Gasteiger partial charge in [0.2, 0.25) is 0 Å². The van der Waals surface area contributed by atoms with Gasteiger partial charge in [-0.15, -0.1) is 0 Å². The third-order valence-electron chi connectivity index (χ3n) is 7.23. The summed E-state index contributed by atoms with van der Waals surface area (Å²) in [6, 6.07) is 5.80. The molecule has 0 unspecified atom stereocenters. The Morgan fingerprint density at radius 2 is 1.78 bits per heavy atom. The molecule has 2 aliphatic rings. The number of H-pyrrole nitrogens is 2. The number of allylic oxidation sites excluding steroid dienone is 1. The van der Waals surface area contributed by atoms with E-state index in [2.05, 4.69) is 60.5 Å². The standard InChI is InChI=1S/C27H33FN8/c1-29-14-19(22-16-31-26(33-22)24-6-4-10-35(24)2)15-30-13-18-8-9-20(21(28)12-18)23-17-32-27(34-23)25-7-5-11-36(25)3/h8-9,12,14-17,24-25H,1,4-7,10-11,13H2,2-3H3,(H,31,33)(H,32,34)/b19-14+,30-15?/t24-,25-/m0/s1. The van der Waals surface area contributed by atoms with E-state index in [-0.39, 0.29) is 11.9 Å². The van der Waals surface area contributed by atoms with Crippen LogP contribution in [-0.4, -0.2) is 69.9 Å². The molecule has 0 spiro atoms. The zero-order valence-corrected chi connectivity index (χ0v) is 20.9. The van der Waals surface area contributed by atoms with Crippen LogP contribution in [0.2, 0.25) is 0 Å². The third kappa shape index (κ3) is 5.08. The van der Waals surface area contributed by atoms with Gasteiger partial charge in [0.25, 0.3) is 0 Å². The van der Waals surface area contributed by atoms with Crippen LogP contribution in [0.15, 0.2) is 46.8 Å². The second-order valence-electron chi connectivity index (χ2n) is 9.69. The molecule has 0 amide bonds. The molecule has 2 saturated heterocycles. The number of aliphatic imine (C=N–C) groups is 2. The van der Waals surface area contributed by atoms with Crippen molar-refractivity contribution < 1.29 is 4.39 Å². The van der Waals surface area contributed by atoms with Gasteiger partial charge in [0, 0.05) is 23.6 Å². The SMILES string of the molecule is C=N/C=C(\C=NCc1ccc(-c2cnc([C@@H]3CCCN3C)[nH]2)c(F)c1)c1cnc([C@@H]2CCCN2C)[nH]1. The summed E-state index contributed by atoms with van der Waals surface area (Å²) in [6.45, 7) is 6.06. The first-order valence-corrected chi connectivity index (χ1v) is 12.5. The van der Waals surface area contributed by atoms with Gasteiger partial charge >= 0.3 is 0 Å². The zero-order valence-electron chi connectivity index (χ0n) is 20.9. The molecule has 2 N–H and O–H groups in total. The van der Waals surface area contributed by atoms with Crippen molar-refractivity contribution in [2.24, 2.45) is 9.98 Å². The molecule has 1 aromatic carbocycles. The Morgan fingerprint density at radius 3 is 2.42 bits per heavy atom. The van der Waals surface area contributed by atoms with Gasteiger partial charge in [-0.25, -0.2) is 14.4 Å². The molecule has 0 saturated carbocycles. The maximum Gasteiger partial charge on any atom is 0.132 e. The van der Waals surface area contributed by atoms with Crippen LogP contribution in [0.5, 0.6) is 0 Å². The normalized spacial score (nSPS) is 21.7. The molecule has 2 aromatic heterocycles. The maximum atomic E-state index is 15.0. The molecule has 5 rings (SSSR count). The van der Waals surface area contributed by atoms with E-state index in [1.165, 1.54) is 12.5 Å². The van der Waals surface area contributed by atoms with Crippen molar-refractivity contribution in [3.63, 3.8) is 0 Å². The lowest BCUT2D eigenvalue weighted by Gasteiger charge is -2.16. The molecule has 9 heteroatoms. The molecule has 0 aliphatic carbocycles. The second kappa shape index (κ2) is 10.7. The lowest BCUT2D eigenvalue weighted by molar-refractivity contribution is 0.307. The van der Waals surface area contributed by atoms with Crippen molar-refractivity contribution in [1.82, 2.24) is 29.7 Å². The van der Waals surface area contributed by atoms with Crippen molar-refractivity contribution in [2.75, 3.05) is 27.2 Å². The van der Waals surface area contributed by atoms with Crippen molar-refractivity contribution in [3.8, 4) is 11.3 Å². The van der Waals surface area contributed by atoms with Crippen LogP contribution < -0.4 is 0 Å². The number of benzene rings is 1. The predicted octanol–water partition coefficient (Wildman–Crippen LogP) is 4.78. The van der Waals surface area contributed by atoms with Gasteiger partial charge in [-0.05, 0) is 77.3 Å². The van der Waals surface area contributed by atoms with Crippen molar-refractivity contribution >= 4 is 18.5 Å². The molecule has 2 atom stereocenters. The van der Waals surface area contributed by atoms with Crippen LogP contribution in [0.4, 0.5) is 4.39 Å². The molecular formula is C27H33FN8. The van der Waals surface area contributed by atoms with Crippen molar-refractivity contribution in [2.45, 2.75) is 44.3 Å². The lowest BCUT2D eigenvalue weighted by atomic mass is 10.1. The minimum Gasteiger partial charge on any atom is -0.341 e. The molecule has 2 fully saturated rings. The van der Waals surface area contributed by atoms with E-state index in [4.69, 9.17) is 0 Å². The number of likely N-dealkylation sites (tertiary alicyclic amines) is 2. The fraction of sp³-hybridized carbons (Fsp3) is 0.407. The van der Waals surface area contributed by atoms with Gasteiger partial charge < -0.3 is 9.97 Å². The summed E-state index contributed by atoms with van der Waals surface area (Å²) in [7, 11) is 4.22. The molecular weight excluding hydrogens is 455 g/mol. The van der Waals surface area contributed by atoms with Crippen LogP contribution >= 0.6 is 0 Å². The molecule has 2 aliphatic heterocycles. The highest BCUT2D eigenvalue weighted by Gasteiger charge is 2.26. The van der Waals surface area contributed by atoms with Crippen LogP contribution in [0.3, 0.4) is 0 Å². The monoisotopic (exact) mass is 488 g/mol. The Labute approximate surface area is 211 Å². The number of hydrogen-bond acceptors (Lipinski definition) is 6. The number of aromatic amines is 2. The molecule has 0 bridgehead atoms. The number of nitrogens with zero attached hydrogens (tertiary/aromatic N) is 6. The number of aromatic nitrogens is 4. The fourth-order valence-corrected chi connectivity index (χ4v) is 5.20. The highest BCUT2D eigenvalue weighted by Crippen LogP contribution is 2.31. The summed E-state index contributed by atoms with van der Waals surface area (Å²) in [5, 5.41) is 0. The number of hydrogen-bond donors (Lipinski definition) is 2. The highest BCUT2D eigenvalue weighted by atomic mass is 19.1. The number of nitrogens with one attached hydrogen (secondary N) is 2. The minimum atomic E-state index is -0.292. The Hall–Kier alpha value is -3.43. The largest absolute Gasteiger partial charge is 0.341 e. The summed E-state index contributed by atoms with van der Waals surface area (Å²) >= 11 is 0. The van der Waals surface area contributed by atoms with E-state index >= 15 is 0 Å². The van der Waals surface area contributed by atoms with Crippen molar-refractivity contribution in [1.29, 1.82) is 0 Å². The molecule has 36 heavy (non-hydrogen) atoms. The lowest BCUT2D eigenvalue weighted by Crippen LogP contribution is -2.18. The fourth-order valence-electron chi connectivity index (χ4n) is 5.20. The first-order chi connectivity index (χ1) is 17.5. The number of halogens is 1. The van der Waals surface area contributed by atoms with Gasteiger partial charge in [-0.1, -0.05) is 6.07 Å². The molecule has 0 radical (unpaired) electrons. The topological polar surface area (TPSA) is 88.6 Å². The third-order valence-corrected chi connectivity index (χ3v) is 7.23. The Bertz CT molecular complexity index is 1270. The van der Waals surface area contributed by atoms with Gasteiger partial charge in [0.05, 0.1) is 42.4 Å². The number of rotatable bonds is 8. The first kappa shape index (κ1) is 24.3. The van der Waals surface area contributed by atoms with Crippen LogP contribution in [-0.2, 0) is 6.54 Å². The van der Waals surface area contributed by atoms with E-state index in [1.807, 2.05) is 6.07 Å². The van der Waals surface area contributed by atoms with Gasteiger partial charge in [-0.3, -0.25) is 19.8 Å². The molecule has 3 aromatic rings. The van der Waals surface area contributed by atoms with E-state index in [0.29, 0.717) is 23.8 Å². The summed E-state index contributed by atoms with van der Waals surface area (Å²) in [5.41, 5.74) is 3.62. The quantitative estimate of drug-likeness (QED) is 0.447.